The first-order chi connectivity index (χ1) is 6.41. The van der Waals surface area contributed by atoms with Crippen LogP contribution in [0, 0.1) is 17.8 Å². The molecular formula is C12H20NO+. The van der Waals surface area contributed by atoms with Crippen LogP contribution in [0.25, 0.3) is 0 Å². The molecule has 78 valence electrons. The predicted molar refractivity (Wildman–Crippen MR) is 56.8 cm³/mol. The summed E-state index contributed by atoms with van der Waals surface area (Å²) in [7, 11) is 4.53. The third-order valence-electron chi connectivity index (χ3n) is 3.82. The van der Waals surface area contributed by atoms with E-state index in [1.807, 2.05) is 6.08 Å². The zero-order chi connectivity index (χ0) is 10.5. The molecule has 2 heteroatoms. The Morgan fingerprint density at radius 2 is 1.93 bits per heavy atom. The molecule has 0 aromatic carbocycles. The number of carbonyl (C=O) groups excluding carboxylic acids is 1. The highest BCUT2D eigenvalue weighted by atomic mass is 16.1. The zero-order valence-electron chi connectivity index (χ0n) is 9.58. The molecule has 0 unspecified atom stereocenters. The monoisotopic (exact) mass is 194 g/mol. The van der Waals surface area contributed by atoms with Gasteiger partial charge in [0, 0.05) is 17.8 Å². The summed E-state index contributed by atoms with van der Waals surface area (Å²) in [6, 6.07) is 0. The van der Waals surface area contributed by atoms with Crippen molar-refractivity contribution >= 4 is 5.78 Å². The van der Waals surface area contributed by atoms with Gasteiger partial charge >= 0.3 is 0 Å². The number of carbonyl (C=O) groups is 1. The second-order valence-corrected chi connectivity index (χ2v) is 5.64. The molecule has 0 N–H and O–H groups in total. The van der Waals surface area contributed by atoms with Gasteiger partial charge in [0.25, 0.3) is 0 Å². The Morgan fingerprint density at radius 1 is 1.29 bits per heavy atom. The number of rotatable bonds is 0. The van der Waals surface area contributed by atoms with Crippen LogP contribution in [-0.4, -0.2) is 37.5 Å². The van der Waals surface area contributed by atoms with Gasteiger partial charge in [-0.15, -0.1) is 0 Å². The molecule has 2 aliphatic rings. The maximum Gasteiger partial charge on any atom is 0.159 e. The average Bonchev–Trinajstić information content (AvgIpc) is 2.30. The normalized spacial score (nSPS) is 40.7. The van der Waals surface area contributed by atoms with Crippen molar-refractivity contribution in [2.24, 2.45) is 17.8 Å². The van der Waals surface area contributed by atoms with Crippen molar-refractivity contribution in [3.8, 4) is 0 Å². The Morgan fingerprint density at radius 3 is 2.57 bits per heavy atom. The minimum atomic E-state index is 0.227. The van der Waals surface area contributed by atoms with Crippen LogP contribution in [0.3, 0.4) is 0 Å². The fourth-order valence-electron chi connectivity index (χ4n) is 3.11. The molecule has 1 fully saturated rings. The first-order valence-electron chi connectivity index (χ1n) is 5.48. The molecule has 0 radical (unpaired) electrons. The smallest absolute Gasteiger partial charge is 0.159 e. The van der Waals surface area contributed by atoms with Crippen LogP contribution < -0.4 is 0 Å². The van der Waals surface area contributed by atoms with E-state index in [9.17, 15) is 4.79 Å². The molecule has 0 amide bonds. The lowest BCUT2D eigenvalue weighted by molar-refractivity contribution is -0.899. The lowest BCUT2D eigenvalue weighted by atomic mass is 9.81. The lowest BCUT2D eigenvalue weighted by Crippen LogP contribution is -2.52. The second-order valence-electron chi connectivity index (χ2n) is 5.64. The molecule has 2 rings (SSSR count). The molecule has 0 aromatic rings. The maximum atomic E-state index is 11.6. The third-order valence-corrected chi connectivity index (χ3v) is 3.82. The van der Waals surface area contributed by atoms with E-state index in [0.717, 1.165) is 11.0 Å². The summed E-state index contributed by atoms with van der Waals surface area (Å²) in [5.74, 6) is 1.67. The first-order valence-corrected chi connectivity index (χ1v) is 5.48. The van der Waals surface area contributed by atoms with Crippen molar-refractivity contribution < 1.29 is 9.28 Å². The number of nitrogens with zero attached hydrogens (tertiary/aromatic N) is 1. The maximum absolute atomic E-state index is 11.6. The van der Waals surface area contributed by atoms with Crippen molar-refractivity contribution in [2.75, 3.05) is 27.2 Å². The van der Waals surface area contributed by atoms with Gasteiger partial charge in [-0.05, 0) is 11.6 Å². The summed E-state index contributed by atoms with van der Waals surface area (Å²) >= 11 is 0. The third kappa shape index (κ3) is 1.42. The van der Waals surface area contributed by atoms with Gasteiger partial charge in [0.1, 0.15) is 0 Å². The highest BCUT2D eigenvalue weighted by Crippen LogP contribution is 2.39. The Kier molecular flexibility index (Phi) is 2.07. The SMILES string of the molecule is C[C@@H]1C(=O)C=C2[C@H]1C[N+](C)(C)C[C@@H]2C. The molecule has 1 aliphatic carbocycles. The number of piperidine rings is 1. The molecule has 1 saturated heterocycles. The molecule has 0 bridgehead atoms. The lowest BCUT2D eigenvalue weighted by Gasteiger charge is -2.42. The van der Waals surface area contributed by atoms with Crippen molar-refractivity contribution in [2.45, 2.75) is 13.8 Å². The molecule has 0 aromatic heterocycles. The number of fused-ring (bicyclic) bond motifs is 1. The highest BCUT2D eigenvalue weighted by molar-refractivity contribution is 5.95. The van der Waals surface area contributed by atoms with Crippen LogP contribution in [0.2, 0.25) is 0 Å². The van der Waals surface area contributed by atoms with E-state index in [-0.39, 0.29) is 5.92 Å². The van der Waals surface area contributed by atoms with E-state index in [4.69, 9.17) is 0 Å². The zero-order valence-corrected chi connectivity index (χ0v) is 9.58. The average molecular weight is 194 g/mol. The number of quaternary nitrogens is 1. The van der Waals surface area contributed by atoms with Gasteiger partial charge in [0.05, 0.1) is 27.2 Å². The van der Waals surface area contributed by atoms with Crippen molar-refractivity contribution in [3.05, 3.63) is 11.6 Å². The van der Waals surface area contributed by atoms with Gasteiger partial charge < -0.3 is 4.48 Å². The van der Waals surface area contributed by atoms with Gasteiger partial charge in [-0.2, -0.15) is 0 Å². The molecule has 14 heavy (non-hydrogen) atoms. The van der Waals surface area contributed by atoms with Gasteiger partial charge in [-0.3, -0.25) is 4.79 Å². The number of ketones is 1. The second kappa shape index (κ2) is 2.93. The molecular weight excluding hydrogens is 174 g/mol. The van der Waals surface area contributed by atoms with Gasteiger partial charge in [0.2, 0.25) is 0 Å². The Balaban J connectivity index is 2.30. The quantitative estimate of drug-likeness (QED) is 0.534. The minimum Gasteiger partial charge on any atom is -0.327 e. The van der Waals surface area contributed by atoms with E-state index in [2.05, 4.69) is 27.9 Å². The van der Waals surface area contributed by atoms with Crippen LogP contribution in [0.1, 0.15) is 13.8 Å². The minimum absolute atomic E-state index is 0.227. The van der Waals surface area contributed by atoms with Crippen molar-refractivity contribution in [1.29, 1.82) is 0 Å². The Bertz CT molecular complexity index is 303. The summed E-state index contributed by atoms with van der Waals surface area (Å²) in [6.07, 6.45) is 1.92. The summed E-state index contributed by atoms with van der Waals surface area (Å²) in [6.45, 7) is 6.63. The Hall–Kier alpha value is -0.630. The van der Waals surface area contributed by atoms with E-state index < -0.39 is 0 Å². The topological polar surface area (TPSA) is 17.1 Å². The molecule has 1 aliphatic heterocycles. The first kappa shape index (κ1) is 9.91. The highest BCUT2D eigenvalue weighted by Gasteiger charge is 2.44. The summed E-state index contributed by atoms with van der Waals surface area (Å²) in [4.78, 5) is 11.6. The van der Waals surface area contributed by atoms with E-state index in [1.165, 1.54) is 12.1 Å². The van der Waals surface area contributed by atoms with E-state index in [1.54, 1.807) is 0 Å². The number of likely N-dealkylation sites (tertiary alicyclic amines) is 1. The Labute approximate surface area is 86.2 Å². The number of allylic oxidation sites excluding steroid dienone is 1. The summed E-state index contributed by atoms with van der Waals surface area (Å²) < 4.78 is 1.06. The van der Waals surface area contributed by atoms with Crippen LogP contribution in [0.5, 0.6) is 0 Å². The predicted octanol–water partition coefficient (Wildman–Crippen LogP) is 1.47. The van der Waals surface area contributed by atoms with Gasteiger partial charge in [0.15, 0.2) is 5.78 Å². The van der Waals surface area contributed by atoms with Crippen LogP contribution in [-0.2, 0) is 4.79 Å². The summed E-state index contributed by atoms with van der Waals surface area (Å²) in [5.41, 5.74) is 1.42. The molecule has 0 saturated carbocycles. The molecule has 3 atom stereocenters. The fraction of sp³-hybridized carbons (Fsp3) is 0.750. The van der Waals surface area contributed by atoms with E-state index >= 15 is 0 Å². The van der Waals surface area contributed by atoms with Gasteiger partial charge in [-0.25, -0.2) is 0 Å². The van der Waals surface area contributed by atoms with Crippen molar-refractivity contribution in [3.63, 3.8) is 0 Å². The van der Waals surface area contributed by atoms with Crippen LogP contribution in [0.15, 0.2) is 11.6 Å². The molecule has 1 heterocycles. The van der Waals surface area contributed by atoms with Crippen LogP contribution in [0.4, 0.5) is 0 Å². The van der Waals surface area contributed by atoms with Crippen molar-refractivity contribution in [1.82, 2.24) is 0 Å². The van der Waals surface area contributed by atoms with Crippen LogP contribution >= 0.6 is 0 Å². The molecule has 0 spiro atoms. The fourth-order valence-corrected chi connectivity index (χ4v) is 3.11. The van der Waals surface area contributed by atoms with Gasteiger partial charge in [-0.1, -0.05) is 13.8 Å². The number of hydrogen-bond donors (Lipinski definition) is 0. The molecule has 2 nitrogen and oxygen atoms in total. The number of hydrogen-bond acceptors (Lipinski definition) is 1. The largest absolute Gasteiger partial charge is 0.327 e. The van der Waals surface area contributed by atoms with E-state index in [0.29, 0.717) is 17.6 Å². The summed E-state index contributed by atoms with van der Waals surface area (Å²) in [5, 5.41) is 0. The standard InChI is InChI=1S/C12H20NO/c1-8-6-13(3,4)7-11-9(2)12(14)5-10(8)11/h5,8-9,11H,6-7H2,1-4H3/q+1/t8-,9-,11-/m0/s1.